The molecule has 0 atom stereocenters. The second-order valence-electron chi connectivity index (χ2n) is 4.68. The molecule has 4 nitrogen and oxygen atoms in total. The number of carbonyl (C=O) groups is 2. The third kappa shape index (κ3) is 2.14. The third-order valence-corrected chi connectivity index (χ3v) is 4.11. The van der Waals surface area contributed by atoms with E-state index in [1.807, 2.05) is 25.1 Å². The fraction of sp³-hybridized carbons (Fsp3) is 0.385. The van der Waals surface area contributed by atoms with Gasteiger partial charge in [-0.25, -0.2) is 0 Å². The summed E-state index contributed by atoms with van der Waals surface area (Å²) in [5.74, 6) is -1.46. The molecule has 1 aromatic rings. The molecule has 0 heterocycles. The lowest BCUT2D eigenvalue weighted by Crippen LogP contribution is -2.48. The van der Waals surface area contributed by atoms with E-state index in [4.69, 9.17) is 0 Å². The minimum absolute atomic E-state index is 0.414. The molecule has 96 valence electrons. The Bertz CT molecular complexity index is 509. The highest BCUT2D eigenvalue weighted by molar-refractivity contribution is 9.10. The molecule has 2 rings (SSSR count). The summed E-state index contributed by atoms with van der Waals surface area (Å²) in [6, 6.07) is 5.56. The highest BCUT2D eigenvalue weighted by atomic mass is 79.9. The molecule has 0 bridgehead atoms. The van der Waals surface area contributed by atoms with Crippen LogP contribution in [0.2, 0.25) is 0 Å². The van der Waals surface area contributed by atoms with Gasteiger partial charge in [-0.3, -0.25) is 9.59 Å². The van der Waals surface area contributed by atoms with Crippen LogP contribution in [0.15, 0.2) is 22.7 Å². The van der Waals surface area contributed by atoms with Gasteiger partial charge in [-0.15, -0.1) is 0 Å². The van der Waals surface area contributed by atoms with E-state index in [0.717, 1.165) is 16.5 Å². The van der Waals surface area contributed by atoms with Crippen LogP contribution in [0, 0.1) is 12.3 Å². The number of carbonyl (C=O) groups excluding carboxylic acids is 1. The highest BCUT2D eigenvalue weighted by Crippen LogP contribution is 2.42. The molecule has 1 aliphatic rings. The Kier molecular flexibility index (Phi) is 3.43. The first kappa shape index (κ1) is 13.1. The van der Waals surface area contributed by atoms with E-state index in [9.17, 15) is 14.7 Å². The largest absolute Gasteiger partial charge is 0.480 e. The Labute approximate surface area is 114 Å². The summed E-state index contributed by atoms with van der Waals surface area (Å²) in [7, 11) is 0. The number of carboxylic acid groups (broad SMARTS) is 1. The fourth-order valence-corrected chi connectivity index (χ4v) is 2.39. The van der Waals surface area contributed by atoms with Crippen LogP contribution >= 0.6 is 15.9 Å². The number of anilines is 1. The Balaban J connectivity index is 2.21. The van der Waals surface area contributed by atoms with Crippen molar-refractivity contribution in [3.63, 3.8) is 0 Å². The second-order valence-corrected chi connectivity index (χ2v) is 5.53. The Morgan fingerprint density at radius 3 is 2.56 bits per heavy atom. The highest BCUT2D eigenvalue weighted by Gasteiger charge is 2.51. The number of halogens is 1. The molecule has 0 spiro atoms. The quantitative estimate of drug-likeness (QED) is 0.843. The predicted molar refractivity (Wildman–Crippen MR) is 71.4 cm³/mol. The van der Waals surface area contributed by atoms with Crippen LogP contribution in [-0.2, 0) is 9.59 Å². The van der Waals surface area contributed by atoms with Crippen LogP contribution in [0.1, 0.15) is 24.8 Å². The van der Waals surface area contributed by atoms with Gasteiger partial charge in [0.2, 0.25) is 5.91 Å². The molecule has 0 aliphatic heterocycles. The molecule has 2 N–H and O–H groups in total. The molecule has 1 amide bonds. The molecule has 0 saturated heterocycles. The normalized spacial score (nSPS) is 16.8. The molecule has 1 aromatic carbocycles. The van der Waals surface area contributed by atoms with Gasteiger partial charge < -0.3 is 10.4 Å². The minimum Gasteiger partial charge on any atom is -0.480 e. The van der Waals surface area contributed by atoms with Crippen LogP contribution in [0.25, 0.3) is 0 Å². The van der Waals surface area contributed by atoms with E-state index in [1.165, 1.54) is 0 Å². The lowest BCUT2D eigenvalue weighted by atomic mass is 9.68. The summed E-state index contributed by atoms with van der Waals surface area (Å²) in [5, 5.41) is 11.9. The summed E-state index contributed by atoms with van der Waals surface area (Å²) in [5.41, 5.74) is 0.391. The zero-order valence-corrected chi connectivity index (χ0v) is 11.6. The number of amides is 1. The van der Waals surface area contributed by atoms with Gasteiger partial charge >= 0.3 is 5.97 Å². The minimum atomic E-state index is -1.23. The average Bonchev–Trinajstić information content (AvgIpc) is 2.21. The van der Waals surface area contributed by atoms with Gasteiger partial charge in [-0.2, -0.15) is 0 Å². The zero-order chi connectivity index (χ0) is 13.3. The van der Waals surface area contributed by atoms with Gasteiger partial charge in [0.05, 0.1) is 5.69 Å². The lowest BCUT2D eigenvalue weighted by molar-refractivity contribution is -0.159. The first-order valence-corrected chi connectivity index (χ1v) is 6.56. The van der Waals surface area contributed by atoms with Crippen molar-refractivity contribution in [3.05, 3.63) is 28.2 Å². The van der Waals surface area contributed by atoms with Gasteiger partial charge in [-0.1, -0.05) is 12.5 Å². The standard InChI is InChI=1S/C13H14BrNO3/c1-8-3-4-9(14)10(7-8)15-11(16)13(12(17)18)5-2-6-13/h3-4,7H,2,5-6H2,1H3,(H,15,16)(H,17,18). The lowest BCUT2D eigenvalue weighted by Gasteiger charge is -2.35. The van der Waals surface area contributed by atoms with Crippen molar-refractivity contribution in [2.45, 2.75) is 26.2 Å². The number of nitrogens with one attached hydrogen (secondary N) is 1. The number of rotatable bonds is 3. The van der Waals surface area contributed by atoms with E-state index in [-0.39, 0.29) is 0 Å². The number of aryl methyl sites for hydroxylation is 1. The molecule has 1 fully saturated rings. The van der Waals surface area contributed by atoms with Crippen molar-refractivity contribution in [1.82, 2.24) is 0 Å². The first-order chi connectivity index (χ1) is 8.45. The SMILES string of the molecule is Cc1ccc(Br)c(NC(=O)C2(C(=O)O)CCC2)c1. The zero-order valence-electron chi connectivity index (χ0n) is 10.00. The van der Waals surface area contributed by atoms with E-state index < -0.39 is 17.3 Å². The summed E-state index contributed by atoms with van der Waals surface area (Å²) in [4.78, 5) is 23.3. The van der Waals surface area contributed by atoms with E-state index in [0.29, 0.717) is 18.5 Å². The van der Waals surface area contributed by atoms with Crippen LogP contribution in [0.4, 0.5) is 5.69 Å². The van der Waals surface area contributed by atoms with Crippen LogP contribution in [0.3, 0.4) is 0 Å². The van der Waals surface area contributed by atoms with E-state index in [2.05, 4.69) is 21.2 Å². The maximum atomic E-state index is 12.1. The Morgan fingerprint density at radius 1 is 1.39 bits per heavy atom. The average molecular weight is 312 g/mol. The predicted octanol–water partition coefficient (Wildman–Crippen LogP) is 2.95. The van der Waals surface area contributed by atoms with Crippen molar-refractivity contribution in [2.24, 2.45) is 5.41 Å². The van der Waals surface area contributed by atoms with E-state index in [1.54, 1.807) is 0 Å². The molecule has 18 heavy (non-hydrogen) atoms. The van der Waals surface area contributed by atoms with Gasteiger partial charge in [0.1, 0.15) is 5.41 Å². The maximum absolute atomic E-state index is 12.1. The molecule has 0 unspecified atom stereocenters. The Morgan fingerprint density at radius 2 is 2.06 bits per heavy atom. The van der Waals surface area contributed by atoms with Crippen molar-refractivity contribution < 1.29 is 14.7 Å². The number of benzene rings is 1. The van der Waals surface area contributed by atoms with Crippen LogP contribution in [-0.4, -0.2) is 17.0 Å². The van der Waals surface area contributed by atoms with Crippen LogP contribution in [0.5, 0.6) is 0 Å². The van der Waals surface area contributed by atoms with Crippen molar-refractivity contribution >= 4 is 33.5 Å². The van der Waals surface area contributed by atoms with E-state index >= 15 is 0 Å². The third-order valence-electron chi connectivity index (χ3n) is 3.42. The van der Waals surface area contributed by atoms with Gasteiger partial charge in [-0.05, 0) is 53.4 Å². The molecule has 0 radical (unpaired) electrons. The number of hydrogen-bond donors (Lipinski definition) is 2. The van der Waals surface area contributed by atoms with Crippen molar-refractivity contribution in [2.75, 3.05) is 5.32 Å². The number of aliphatic carboxylic acids is 1. The van der Waals surface area contributed by atoms with Gasteiger partial charge in [0.15, 0.2) is 0 Å². The molecule has 5 heteroatoms. The summed E-state index contributed by atoms with van der Waals surface area (Å²) < 4.78 is 0.751. The Hall–Kier alpha value is -1.36. The summed E-state index contributed by atoms with van der Waals surface area (Å²) in [6.45, 7) is 1.92. The second kappa shape index (κ2) is 4.72. The van der Waals surface area contributed by atoms with Crippen molar-refractivity contribution in [3.8, 4) is 0 Å². The fourth-order valence-electron chi connectivity index (χ4n) is 2.05. The summed E-state index contributed by atoms with van der Waals surface area (Å²) >= 11 is 3.34. The number of hydrogen-bond acceptors (Lipinski definition) is 2. The van der Waals surface area contributed by atoms with Crippen molar-refractivity contribution in [1.29, 1.82) is 0 Å². The topological polar surface area (TPSA) is 66.4 Å². The molecule has 0 aromatic heterocycles. The molecular formula is C13H14BrNO3. The monoisotopic (exact) mass is 311 g/mol. The van der Waals surface area contributed by atoms with Gasteiger partial charge in [0.25, 0.3) is 0 Å². The van der Waals surface area contributed by atoms with Gasteiger partial charge in [0, 0.05) is 4.47 Å². The first-order valence-electron chi connectivity index (χ1n) is 5.77. The molecular weight excluding hydrogens is 298 g/mol. The number of carboxylic acids is 1. The molecule has 1 aliphatic carbocycles. The smallest absolute Gasteiger partial charge is 0.319 e. The maximum Gasteiger partial charge on any atom is 0.319 e. The van der Waals surface area contributed by atoms with Crippen LogP contribution < -0.4 is 5.32 Å². The molecule has 1 saturated carbocycles. The summed E-state index contributed by atoms with van der Waals surface area (Å²) in [6.07, 6.45) is 1.61.